The van der Waals surface area contributed by atoms with E-state index in [1.807, 2.05) is 0 Å². The Balaban J connectivity index is 4.76. The normalized spacial score (nSPS) is 10.4. The highest BCUT2D eigenvalue weighted by molar-refractivity contribution is 5.92. The van der Waals surface area contributed by atoms with Crippen molar-refractivity contribution in [2.75, 3.05) is 0 Å². The van der Waals surface area contributed by atoms with Gasteiger partial charge in [-0.3, -0.25) is 4.79 Å². The van der Waals surface area contributed by atoms with Crippen LogP contribution in [0.5, 0.6) is 0 Å². The predicted octanol–water partition coefficient (Wildman–Crippen LogP) is 4.78. The lowest BCUT2D eigenvalue weighted by molar-refractivity contribution is -0.139. The Kier molecular flexibility index (Phi) is 11.6. The van der Waals surface area contributed by atoms with Crippen molar-refractivity contribution in [2.24, 2.45) is 0 Å². The highest BCUT2D eigenvalue weighted by Crippen LogP contribution is 2.23. The third-order valence-electron chi connectivity index (χ3n) is 3.68. The molecule has 0 rings (SSSR count). The summed E-state index contributed by atoms with van der Waals surface area (Å²) < 4.78 is 0. The van der Waals surface area contributed by atoms with E-state index in [0.717, 1.165) is 69.8 Å². The van der Waals surface area contributed by atoms with Crippen LogP contribution in [0.4, 0.5) is 0 Å². The number of allylic oxidation sites excluding steroid dienone is 1. The summed E-state index contributed by atoms with van der Waals surface area (Å²) in [6.45, 7) is 4.27. The summed E-state index contributed by atoms with van der Waals surface area (Å²) in [6.07, 6.45) is 9.70. The second kappa shape index (κ2) is 12.4. The summed E-state index contributed by atoms with van der Waals surface area (Å²) in [7, 11) is 0. The second-order valence-corrected chi connectivity index (χ2v) is 5.58. The van der Waals surface area contributed by atoms with Gasteiger partial charge < -0.3 is 10.2 Å². The van der Waals surface area contributed by atoms with Gasteiger partial charge in [0.1, 0.15) is 0 Å². The molecule has 122 valence electrons. The third kappa shape index (κ3) is 10.1. The minimum Gasteiger partial charge on any atom is -0.481 e. The van der Waals surface area contributed by atoms with Crippen LogP contribution in [0.15, 0.2) is 11.1 Å². The summed E-state index contributed by atoms with van der Waals surface area (Å²) in [4.78, 5) is 22.2. The van der Waals surface area contributed by atoms with Crippen molar-refractivity contribution in [2.45, 2.75) is 84.5 Å². The highest BCUT2D eigenvalue weighted by atomic mass is 16.4. The first-order valence-electron chi connectivity index (χ1n) is 8.18. The van der Waals surface area contributed by atoms with Crippen LogP contribution in [-0.4, -0.2) is 22.2 Å². The molecule has 0 saturated heterocycles. The Labute approximate surface area is 128 Å². The van der Waals surface area contributed by atoms with E-state index >= 15 is 0 Å². The van der Waals surface area contributed by atoms with Gasteiger partial charge in [0.2, 0.25) is 0 Å². The maximum atomic E-state index is 11.3. The van der Waals surface area contributed by atoms with Crippen LogP contribution in [0.1, 0.15) is 84.5 Å². The topological polar surface area (TPSA) is 74.6 Å². The summed E-state index contributed by atoms with van der Waals surface area (Å²) in [5, 5.41) is 18.2. The molecule has 0 aromatic rings. The Bertz CT molecular complexity index is 331. The molecule has 0 aliphatic carbocycles. The van der Waals surface area contributed by atoms with Gasteiger partial charge in [0, 0.05) is 5.57 Å². The number of hydrogen-bond donors (Lipinski definition) is 2. The second-order valence-electron chi connectivity index (χ2n) is 5.58. The fourth-order valence-electron chi connectivity index (χ4n) is 2.46. The number of unbranched alkanes of at least 4 members (excludes halogenated alkanes) is 6. The summed E-state index contributed by atoms with van der Waals surface area (Å²) in [6, 6.07) is 0. The van der Waals surface area contributed by atoms with Crippen molar-refractivity contribution in [1.29, 1.82) is 0 Å². The lowest BCUT2D eigenvalue weighted by atomic mass is 9.94. The van der Waals surface area contributed by atoms with Gasteiger partial charge in [-0.15, -0.1) is 0 Å². The molecule has 0 aliphatic heterocycles. The van der Waals surface area contributed by atoms with E-state index in [4.69, 9.17) is 5.11 Å². The summed E-state index contributed by atoms with van der Waals surface area (Å²) in [5.74, 6) is -2.13. The van der Waals surface area contributed by atoms with Crippen LogP contribution < -0.4 is 0 Å². The smallest absolute Gasteiger partial charge is 0.332 e. The van der Waals surface area contributed by atoms with Gasteiger partial charge in [-0.25, -0.2) is 4.79 Å². The van der Waals surface area contributed by atoms with Crippen molar-refractivity contribution in [3.63, 3.8) is 0 Å². The van der Waals surface area contributed by atoms with Crippen molar-refractivity contribution in [3.05, 3.63) is 11.1 Å². The van der Waals surface area contributed by atoms with Crippen molar-refractivity contribution in [1.82, 2.24) is 0 Å². The van der Waals surface area contributed by atoms with Gasteiger partial charge in [-0.05, 0) is 25.7 Å². The Morgan fingerprint density at radius 3 is 1.57 bits per heavy atom. The molecule has 0 unspecified atom stereocenters. The SMILES string of the molecule is CCCCCCC(CCCCCC)=C(CC(=O)O)C(=O)O. The molecule has 21 heavy (non-hydrogen) atoms. The maximum absolute atomic E-state index is 11.3. The largest absolute Gasteiger partial charge is 0.481 e. The van der Waals surface area contributed by atoms with Gasteiger partial charge in [0.05, 0.1) is 6.42 Å². The third-order valence-corrected chi connectivity index (χ3v) is 3.68. The molecule has 0 aliphatic rings. The monoisotopic (exact) mass is 298 g/mol. The number of carboxylic acid groups (broad SMARTS) is 2. The van der Waals surface area contributed by atoms with Crippen LogP contribution in [0.25, 0.3) is 0 Å². The molecule has 0 amide bonds. The first-order chi connectivity index (χ1) is 10.0. The highest BCUT2D eigenvalue weighted by Gasteiger charge is 2.17. The van der Waals surface area contributed by atoms with E-state index in [9.17, 15) is 14.7 Å². The van der Waals surface area contributed by atoms with Gasteiger partial charge in [0.25, 0.3) is 0 Å². The molecule has 0 aromatic heterocycles. The zero-order valence-corrected chi connectivity index (χ0v) is 13.5. The van der Waals surface area contributed by atoms with E-state index in [1.165, 1.54) is 0 Å². The molecular weight excluding hydrogens is 268 g/mol. The van der Waals surface area contributed by atoms with E-state index in [2.05, 4.69) is 13.8 Å². The average molecular weight is 298 g/mol. The summed E-state index contributed by atoms with van der Waals surface area (Å²) >= 11 is 0. The number of carbonyl (C=O) groups is 2. The van der Waals surface area contributed by atoms with Gasteiger partial charge in [0.15, 0.2) is 0 Å². The van der Waals surface area contributed by atoms with E-state index < -0.39 is 11.9 Å². The minimum atomic E-state index is -1.07. The van der Waals surface area contributed by atoms with Crippen molar-refractivity contribution in [3.8, 4) is 0 Å². The Morgan fingerprint density at radius 1 is 0.762 bits per heavy atom. The minimum absolute atomic E-state index is 0.107. The zero-order chi connectivity index (χ0) is 16.1. The molecule has 2 N–H and O–H groups in total. The zero-order valence-electron chi connectivity index (χ0n) is 13.5. The molecule has 0 fully saturated rings. The molecule has 0 radical (unpaired) electrons. The standard InChI is InChI=1S/C17H30O4/c1-3-5-7-9-11-14(12-10-8-6-4-2)15(17(20)21)13-16(18)19/h3-13H2,1-2H3,(H,18,19)(H,20,21). The Hall–Kier alpha value is -1.32. The first kappa shape index (κ1) is 19.7. The van der Waals surface area contributed by atoms with E-state index in [1.54, 1.807) is 0 Å². The van der Waals surface area contributed by atoms with Gasteiger partial charge >= 0.3 is 11.9 Å². The lowest BCUT2D eigenvalue weighted by Crippen LogP contribution is -2.10. The quantitative estimate of drug-likeness (QED) is 0.379. The molecule has 0 heterocycles. The molecule has 0 atom stereocenters. The molecular formula is C17H30O4. The predicted molar refractivity (Wildman–Crippen MR) is 84.4 cm³/mol. The molecule has 0 saturated carbocycles. The van der Waals surface area contributed by atoms with Crippen LogP contribution in [0.3, 0.4) is 0 Å². The van der Waals surface area contributed by atoms with Crippen molar-refractivity contribution >= 4 is 11.9 Å². The number of aliphatic carboxylic acids is 2. The Morgan fingerprint density at radius 2 is 1.24 bits per heavy atom. The van der Waals surface area contributed by atoms with Crippen LogP contribution in [0, 0.1) is 0 Å². The fraction of sp³-hybridized carbons (Fsp3) is 0.765. The molecule has 0 aromatic carbocycles. The van der Waals surface area contributed by atoms with Gasteiger partial charge in [-0.2, -0.15) is 0 Å². The van der Waals surface area contributed by atoms with Crippen molar-refractivity contribution < 1.29 is 19.8 Å². The molecule has 4 heteroatoms. The van der Waals surface area contributed by atoms with Crippen LogP contribution >= 0.6 is 0 Å². The summed E-state index contributed by atoms with van der Waals surface area (Å²) in [5.41, 5.74) is 0.951. The fourth-order valence-corrected chi connectivity index (χ4v) is 2.46. The van der Waals surface area contributed by atoms with Crippen LogP contribution in [-0.2, 0) is 9.59 Å². The van der Waals surface area contributed by atoms with E-state index in [0.29, 0.717) is 0 Å². The maximum Gasteiger partial charge on any atom is 0.332 e. The number of hydrogen-bond acceptors (Lipinski definition) is 2. The van der Waals surface area contributed by atoms with E-state index in [-0.39, 0.29) is 12.0 Å². The molecule has 0 spiro atoms. The number of carboxylic acids is 2. The lowest BCUT2D eigenvalue weighted by Gasteiger charge is -2.12. The van der Waals surface area contributed by atoms with Gasteiger partial charge in [-0.1, -0.05) is 57.9 Å². The molecule has 4 nitrogen and oxygen atoms in total. The average Bonchev–Trinajstić information content (AvgIpc) is 2.43. The van der Waals surface area contributed by atoms with Crippen LogP contribution in [0.2, 0.25) is 0 Å². The first-order valence-corrected chi connectivity index (χ1v) is 8.18. The molecule has 0 bridgehead atoms. The number of rotatable bonds is 13.